The lowest BCUT2D eigenvalue weighted by atomic mass is 10.1. The molecule has 1 fully saturated rings. The predicted octanol–water partition coefficient (Wildman–Crippen LogP) is 3.32. The zero-order valence-corrected chi connectivity index (χ0v) is 14.7. The number of benzene rings is 1. The van der Waals surface area contributed by atoms with E-state index < -0.39 is 17.8 Å². The summed E-state index contributed by atoms with van der Waals surface area (Å²) in [4.78, 5) is 16.6. The summed E-state index contributed by atoms with van der Waals surface area (Å²) in [6, 6.07) is 10.7. The Kier molecular flexibility index (Phi) is 4.76. The number of nitrogens with zero attached hydrogens (tertiary/aromatic N) is 3. The number of amides is 1. The molecule has 1 unspecified atom stereocenters. The van der Waals surface area contributed by atoms with Crippen molar-refractivity contribution in [2.45, 2.75) is 25.1 Å². The van der Waals surface area contributed by atoms with Gasteiger partial charge in [-0.15, -0.1) is 0 Å². The Hall–Kier alpha value is -2.94. The lowest BCUT2D eigenvalue weighted by Crippen LogP contribution is -2.32. The molecule has 0 aliphatic carbocycles. The molecule has 0 saturated carbocycles. The van der Waals surface area contributed by atoms with Gasteiger partial charge in [-0.2, -0.15) is 18.3 Å². The summed E-state index contributed by atoms with van der Waals surface area (Å²) >= 11 is 0. The molecule has 6 nitrogen and oxygen atoms in total. The number of carbonyl (C=O) groups excluding carboxylic acids is 1. The molecule has 1 atom stereocenters. The molecule has 4 rings (SSSR count). The number of aromatic nitrogens is 3. The van der Waals surface area contributed by atoms with Crippen LogP contribution in [0.25, 0.3) is 16.9 Å². The second kappa shape index (κ2) is 7.23. The van der Waals surface area contributed by atoms with Gasteiger partial charge in [-0.05, 0) is 18.9 Å². The van der Waals surface area contributed by atoms with Gasteiger partial charge in [0.05, 0.1) is 11.8 Å². The summed E-state index contributed by atoms with van der Waals surface area (Å²) in [7, 11) is 0. The van der Waals surface area contributed by atoms with Crippen molar-refractivity contribution in [1.29, 1.82) is 0 Å². The molecule has 2 aromatic heterocycles. The fraction of sp³-hybridized carbons (Fsp3) is 0.316. The van der Waals surface area contributed by atoms with Crippen molar-refractivity contribution < 1.29 is 22.7 Å². The molecule has 28 heavy (non-hydrogen) atoms. The molecule has 9 heteroatoms. The van der Waals surface area contributed by atoms with E-state index in [0.717, 1.165) is 18.9 Å². The first-order valence-corrected chi connectivity index (χ1v) is 8.85. The second-order valence-corrected chi connectivity index (χ2v) is 6.54. The minimum Gasteiger partial charge on any atom is -0.376 e. The van der Waals surface area contributed by atoms with E-state index >= 15 is 0 Å². The highest BCUT2D eigenvalue weighted by Crippen LogP contribution is 2.32. The molecule has 146 valence electrons. The third kappa shape index (κ3) is 3.70. The van der Waals surface area contributed by atoms with E-state index in [1.54, 1.807) is 30.3 Å². The Morgan fingerprint density at radius 2 is 2.04 bits per heavy atom. The molecule has 0 spiro atoms. The van der Waals surface area contributed by atoms with Crippen molar-refractivity contribution in [1.82, 2.24) is 19.9 Å². The van der Waals surface area contributed by atoms with E-state index in [1.165, 1.54) is 6.07 Å². The van der Waals surface area contributed by atoms with Gasteiger partial charge in [0.25, 0.3) is 5.91 Å². The van der Waals surface area contributed by atoms with Crippen molar-refractivity contribution in [3.63, 3.8) is 0 Å². The monoisotopic (exact) mass is 390 g/mol. The first-order chi connectivity index (χ1) is 13.4. The predicted molar refractivity (Wildman–Crippen MR) is 94.7 cm³/mol. The normalized spacial score (nSPS) is 17.2. The maximum atomic E-state index is 13.6. The van der Waals surface area contributed by atoms with Crippen LogP contribution in [0.15, 0.2) is 42.5 Å². The molecule has 0 radical (unpaired) electrons. The van der Waals surface area contributed by atoms with Crippen LogP contribution >= 0.6 is 0 Å². The van der Waals surface area contributed by atoms with E-state index in [1.807, 2.05) is 0 Å². The van der Waals surface area contributed by atoms with Crippen LogP contribution < -0.4 is 5.32 Å². The van der Waals surface area contributed by atoms with Crippen molar-refractivity contribution >= 4 is 11.6 Å². The largest absolute Gasteiger partial charge is 0.433 e. The average molecular weight is 390 g/mol. The summed E-state index contributed by atoms with van der Waals surface area (Å²) in [6.07, 6.45) is -2.96. The van der Waals surface area contributed by atoms with Crippen LogP contribution in [0.2, 0.25) is 0 Å². The van der Waals surface area contributed by atoms with Gasteiger partial charge in [-0.3, -0.25) is 4.79 Å². The third-order valence-electron chi connectivity index (χ3n) is 4.53. The average Bonchev–Trinajstić information content (AvgIpc) is 3.34. The van der Waals surface area contributed by atoms with Crippen LogP contribution in [0.5, 0.6) is 0 Å². The highest BCUT2D eigenvalue weighted by molar-refractivity contribution is 5.93. The zero-order valence-electron chi connectivity index (χ0n) is 14.7. The highest BCUT2D eigenvalue weighted by Gasteiger charge is 2.35. The second-order valence-electron chi connectivity index (χ2n) is 6.54. The van der Waals surface area contributed by atoms with Gasteiger partial charge in [0.1, 0.15) is 0 Å². The summed E-state index contributed by atoms with van der Waals surface area (Å²) in [6.45, 7) is 0.942. The van der Waals surface area contributed by atoms with Gasteiger partial charge < -0.3 is 10.1 Å². The summed E-state index contributed by atoms with van der Waals surface area (Å²) in [5.74, 6) is -0.560. The van der Waals surface area contributed by atoms with Crippen molar-refractivity contribution in [2.24, 2.45) is 0 Å². The molecule has 1 aromatic carbocycles. The minimum absolute atomic E-state index is 0.0454. The Bertz CT molecular complexity index is 996. The van der Waals surface area contributed by atoms with E-state index in [9.17, 15) is 18.0 Å². The molecule has 3 heterocycles. The van der Waals surface area contributed by atoms with Crippen molar-refractivity contribution in [2.75, 3.05) is 13.2 Å². The fourth-order valence-electron chi connectivity index (χ4n) is 3.15. The lowest BCUT2D eigenvalue weighted by Gasteiger charge is -2.11. The standard InChI is InChI=1S/C19H17F3N4O2/c20-19(21,22)16-9-14(12-5-2-1-3-6-12)24-17-10-15(25-26(16)17)18(27)23-11-13-7-4-8-28-13/h1-3,5-6,9-10,13H,4,7-8,11H2,(H,23,27). The van der Waals surface area contributed by atoms with Crippen LogP contribution in [0.4, 0.5) is 13.2 Å². The van der Waals surface area contributed by atoms with E-state index in [4.69, 9.17) is 4.74 Å². The Labute approximate surface area is 158 Å². The molecule has 0 bridgehead atoms. The van der Waals surface area contributed by atoms with Gasteiger partial charge in [-0.1, -0.05) is 30.3 Å². The summed E-state index contributed by atoms with van der Waals surface area (Å²) in [5, 5.41) is 6.50. The number of halogens is 3. The molecule has 1 N–H and O–H groups in total. The van der Waals surface area contributed by atoms with Crippen LogP contribution in [-0.4, -0.2) is 39.8 Å². The summed E-state index contributed by atoms with van der Waals surface area (Å²) in [5.41, 5.74) is -0.459. The van der Waals surface area contributed by atoms with Crippen molar-refractivity contribution in [3.05, 3.63) is 53.9 Å². The zero-order chi connectivity index (χ0) is 19.7. The highest BCUT2D eigenvalue weighted by atomic mass is 19.4. The fourth-order valence-corrected chi connectivity index (χ4v) is 3.15. The molecular formula is C19H17F3N4O2. The van der Waals surface area contributed by atoms with E-state index in [2.05, 4.69) is 15.4 Å². The maximum absolute atomic E-state index is 13.6. The number of nitrogens with one attached hydrogen (secondary N) is 1. The summed E-state index contributed by atoms with van der Waals surface area (Å²) < 4.78 is 46.8. The van der Waals surface area contributed by atoms with Crippen molar-refractivity contribution in [3.8, 4) is 11.3 Å². The van der Waals surface area contributed by atoms with Crippen LogP contribution in [0, 0.1) is 0 Å². The minimum atomic E-state index is -4.65. The van der Waals surface area contributed by atoms with E-state index in [-0.39, 0.29) is 23.1 Å². The molecule has 3 aromatic rings. The molecule has 1 saturated heterocycles. The first kappa shape index (κ1) is 18.4. The molecule has 1 aliphatic rings. The topological polar surface area (TPSA) is 68.5 Å². The maximum Gasteiger partial charge on any atom is 0.433 e. The quantitative estimate of drug-likeness (QED) is 0.742. The van der Waals surface area contributed by atoms with E-state index in [0.29, 0.717) is 23.2 Å². The number of alkyl halides is 3. The third-order valence-corrected chi connectivity index (χ3v) is 4.53. The number of rotatable bonds is 4. The number of hydrogen-bond acceptors (Lipinski definition) is 4. The van der Waals surface area contributed by atoms with Crippen LogP contribution in [0.3, 0.4) is 0 Å². The number of fused-ring (bicyclic) bond motifs is 1. The number of hydrogen-bond donors (Lipinski definition) is 1. The van der Waals surface area contributed by atoms with Gasteiger partial charge in [0.15, 0.2) is 17.0 Å². The Balaban J connectivity index is 1.69. The smallest absolute Gasteiger partial charge is 0.376 e. The van der Waals surface area contributed by atoms with Crippen LogP contribution in [-0.2, 0) is 10.9 Å². The molecule has 1 amide bonds. The molecule has 1 aliphatic heterocycles. The van der Waals surface area contributed by atoms with Gasteiger partial charge in [-0.25, -0.2) is 9.50 Å². The van der Waals surface area contributed by atoms with Gasteiger partial charge in [0.2, 0.25) is 0 Å². The number of ether oxygens (including phenoxy) is 1. The van der Waals surface area contributed by atoms with Gasteiger partial charge >= 0.3 is 6.18 Å². The first-order valence-electron chi connectivity index (χ1n) is 8.85. The Morgan fingerprint density at radius 1 is 1.25 bits per heavy atom. The number of carbonyl (C=O) groups is 1. The SMILES string of the molecule is O=C(NCC1CCCO1)c1cc2nc(-c3ccccc3)cc(C(F)(F)F)n2n1. The molecular weight excluding hydrogens is 373 g/mol. The Morgan fingerprint density at radius 3 is 2.71 bits per heavy atom. The van der Waals surface area contributed by atoms with Crippen LogP contribution in [0.1, 0.15) is 29.0 Å². The van der Waals surface area contributed by atoms with Gasteiger partial charge in [0, 0.05) is 24.8 Å². The lowest BCUT2D eigenvalue weighted by molar-refractivity contribution is -0.142.